The monoisotopic (exact) mass is 364 g/mol. The van der Waals surface area contributed by atoms with Gasteiger partial charge in [0.2, 0.25) is 0 Å². The van der Waals surface area contributed by atoms with Gasteiger partial charge in [0.25, 0.3) is 5.56 Å². The molecule has 0 radical (unpaired) electrons. The van der Waals surface area contributed by atoms with Crippen LogP contribution in [0.15, 0.2) is 53.3 Å². The minimum Gasteiger partial charge on any atom is -0.494 e. The van der Waals surface area contributed by atoms with Crippen LogP contribution in [0.3, 0.4) is 0 Å². The summed E-state index contributed by atoms with van der Waals surface area (Å²) in [5, 5.41) is 0. The lowest BCUT2D eigenvalue weighted by atomic mass is 10.2. The van der Waals surface area contributed by atoms with Gasteiger partial charge in [-0.15, -0.1) is 0 Å². The lowest BCUT2D eigenvalue weighted by Crippen LogP contribution is -2.22. The van der Waals surface area contributed by atoms with Crippen LogP contribution < -0.4 is 14.8 Å². The largest absolute Gasteiger partial charge is 0.494 e. The number of benzene rings is 2. The number of aromatic nitrogens is 2. The predicted molar refractivity (Wildman–Crippen MR) is 107 cm³/mol. The van der Waals surface area contributed by atoms with Crippen LogP contribution in [0.1, 0.15) is 31.7 Å². The number of hydrogen-bond donors (Lipinski definition) is 0. The third-order valence-corrected chi connectivity index (χ3v) is 5.31. The molecule has 0 aliphatic heterocycles. The summed E-state index contributed by atoms with van der Waals surface area (Å²) in [7, 11) is 0. The topological polar surface area (TPSA) is 43.6 Å². The van der Waals surface area contributed by atoms with Gasteiger partial charge in [-0.05, 0) is 42.3 Å². The fourth-order valence-corrected chi connectivity index (χ4v) is 3.95. The maximum absolute atomic E-state index is 12.8. The molecule has 26 heavy (non-hydrogen) atoms. The molecule has 132 valence electrons. The van der Waals surface area contributed by atoms with Gasteiger partial charge in [-0.25, -0.2) is 9.38 Å². The van der Waals surface area contributed by atoms with Crippen molar-refractivity contribution in [2.75, 3.05) is 6.61 Å². The van der Waals surface area contributed by atoms with E-state index in [0.717, 1.165) is 40.3 Å². The molecule has 0 N–H and O–H groups in total. The van der Waals surface area contributed by atoms with Crippen molar-refractivity contribution in [2.24, 2.45) is 0 Å². The van der Waals surface area contributed by atoms with Crippen molar-refractivity contribution in [2.45, 2.75) is 26.2 Å². The van der Waals surface area contributed by atoms with Crippen LogP contribution in [0.5, 0.6) is 5.75 Å². The van der Waals surface area contributed by atoms with E-state index in [2.05, 4.69) is 11.9 Å². The van der Waals surface area contributed by atoms with Gasteiger partial charge in [-0.1, -0.05) is 55.4 Å². The summed E-state index contributed by atoms with van der Waals surface area (Å²) in [6.07, 6.45) is 5.37. The minimum absolute atomic E-state index is 0.0152. The number of fused-ring (bicyclic) bond motifs is 3. The Labute approximate surface area is 155 Å². The molecule has 0 aliphatic rings. The molecule has 5 heteroatoms. The quantitative estimate of drug-likeness (QED) is 0.485. The van der Waals surface area contributed by atoms with Crippen molar-refractivity contribution in [1.82, 2.24) is 9.38 Å². The molecule has 0 bridgehead atoms. The van der Waals surface area contributed by atoms with E-state index in [1.165, 1.54) is 24.2 Å². The molecular weight excluding hydrogens is 344 g/mol. The number of unbranched alkanes of at least 4 members (excludes halogenated alkanes) is 2. The minimum atomic E-state index is -0.0152. The molecule has 0 saturated heterocycles. The zero-order valence-corrected chi connectivity index (χ0v) is 15.5. The number of nitrogens with zero attached hydrogens (tertiary/aromatic N) is 2. The Morgan fingerprint density at radius 3 is 2.73 bits per heavy atom. The van der Waals surface area contributed by atoms with Crippen molar-refractivity contribution in [3.05, 3.63) is 69.0 Å². The Morgan fingerprint density at radius 2 is 1.92 bits per heavy atom. The second kappa shape index (κ2) is 7.30. The van der Waals surface area contributed by atoms with Crippen molar-refractivity contribution in [3.63, 3.8) is 0 Å². The van der Waals surface area contributed by atoms with E-state index in [0.29, 0.717) is 4.53 Å². The predicted octanol–water partition coefficient (Wildman–Crippen LogP) is 4.03. The SMILES string of the molecule is CCCCCOc1ccc(/C=c2\sc3nc4ccccc4n3c2=O)cc1. The third-order valence-electron chi connectivity index (χ3n) is 4.34. The van der Waals surface area contributed by atoms with E-state index in [4.69, 9.17) is 4.74 Å². The summed E-state index contributed by atoms with van der Waals surface area (Å²) >= 11 is 1.42. The van der Waals surface area contributed by atoms with Gasteiger partial charge in [0, 0.05) is 0 Å². The van der Waals surface area contributed by atoms with Gasteiger partial charge in [0.15, 0.2) is 4.96 Å². The van der Waals surface area contributed by atoms with E-state index in [1.807, 2.05) is 54.6 Å². The van der Waals surface area contributed by atoms with Crippen LogP contribution in [-0.2, 0) is 0 Å². The van der Waals surface area contributed by atoms with Crippen LogP contribution >= 0.6 is 11.3 Å². The first kappa shape index (κ1) is 16.8. The maximum atomic E-state index is 12.8. The van der Waals surface area contributed by atoms with Gasteiger partial charge in [0.05, 0.1) is 22.2 Å². The average Bonchev–Trinajstić information content (AvgIpc) is 3.17. The van der Waals surface area contributed by atoms with Gasteiger partial charge >= 0.3 is 0 Å². The third kappa shape index (κ3) is 3.22. The van der Waals surface area contributed by atoms with Gasteiger partial charge in [0.1, 0.15) is 5.75 Å². The fraction of sp³-hybridized carbons (Fsp3) is 0.238. The molecule has 4 nitrogen and oxygen atoms in total. The van der Waals surface area contributed by atoms with Crippen LogP contribution in [0.4, 0.5) is 0 Å². The Hall–Kier alpha value is -2.66. The highest BCUT2D eigenvalue weighted by atomic mass is 32.1. The summed E-state index contributed by atoms with van der Waals surface area (Å²) in [4.78, 5) is 18.0. The molecule has 0 fully saturated rings. The van der Waals surface area contributed by atoms with Crippen LogP contribution in [-0.4, -0.2) is 16.0 Å². The Kier molecular flexibility index (Phi) is 4.71. The highest BCUT2D eigenvalue weighted by Gasteiger charge is 2.10. The zero-order chi connectivity index (χ0) is 17.9. The van der Waals surface area contributed by atoms with Crippen molar-refractivity contribution >= 4 is 33.4 Å². The fourth-order valence-electron chi connectivity index (χ4n) is 2.97. The summed E-state index contributed by atoms with van der Waals surface area (Å²) < 4.78 is 8.11. The summed E-state index contributed by atoms with van der Waals surface area (Å²) in [5.74, 6) is 0.868. The molecule has 0 atom stereocenters. The standard InChI is InChI=1S/C21H20N2O2S/c1-2-3-6-13-25-16-11-9-15(10-12-16)14-19-20(24)23-18-8-5-4-7-17(18)22-21(23)26-19/h4-5,7-12,14H,2-3,6,13H2,1H3/b19-14-. The molecular formula is C21H20N2O2S. The maximum Gasteiger partial charge on any atom is 0.274 e. The molecule has 0 aliphatic carbocycles. The molecule has 2 aromatic heterocycles. The Balaban J connectivity index is 1.62. The molecule has 4 rings (SSSR count). The first-order valence-electron chi connectivity index (χ1n) is 8.91. The Morgan fingerprint density at radius 1 is 1.12 bits per heavy atom. The van der Waals surface area contributed by atoms with Crippen LogP contribution in [0.25, 0.3) is 22.1 Å². The molecule has 0 saturated carbocycles. The number of ether oxygens (including phenoxy) is 1. The van der Waals surface area contributed by atoms with Gasteiger partial charge in [-0.3, -0.25) is 4.79 Å². The number of rotatable bonds is 6. The van der Waals surface area contributed by atoms with E-state index >= 15 is 0 Å². The van der Waals surface area contributed by atoms with E-state index < -0.39 is 0 Å². The highest BCUT2D eigenvalue weighted by molar-refractivity contribution is 7.15. The zero-order valence-electron chi connectivity index (χ0n) is 14.6. The molecule has 2 heterocycles. The van der Waals surface area contributed by atoms with Crippen LogP contribution in [0.2, 0.25) is 0 Å². The average molecular weight is 364 g/mol. The van der Waals surface area contributed by atoms with E-state index in [1.54, 1.807) is 4.40 Å². The summed E-state index contributed by atoms with van der Waals surface area (Å²) in [6.45, 7) is 2.93. The van der Waals surface area contributed by atoms with Crippen LogP contribution in [0, 0.1) is 0 Å². The van der Waals surface area contributed by atoms with Crippen molar-refractivity contribution in [1.29, 1.82) is 0 Å². The molecule has 0 unspecified atom stereocenters. The van der Waals surface area contributed by atoms with Crippen molar-refractivity contribution < 1.29 is 4.74 Å². The second-order valence-electron chi connectivity index (χ2n) is 6.26. The van der Waals surface area contributed by atoms with Gasteiger partial charge < -0.3 is 4.74 Å². The molecule has 0 amide bonds. The number of para-hydroxylation sites is 2. The van der Waals surface area contributed by atoms with E-state index in [9.17, 15) is 4.79 Å². The summed E-state index contributed by atoms with van der Waals surface area (Å²) in [6, 6.07) is 15.6. The lowest BCUT2D eigenvalue weighted by molar-refractivity contribution is 0.306. The summed E-state index contributed by atoms with van der Waals surface area (Å²) in [5.41, 5.74) is 2.68. The Bertz CT molecular complexity index is 1140. The van der Waals surface area contributed by atoms with Gasteiger partial charge in [-0.2, -0.15) is 0 Å². The smallest absolute Gasteiger partial charge is 0.274 e. The normalized spacial score (nSPS) is 12.3. The molecule has 2 aromatic carbocycles. The van der Waals surface area contributed by atoms with E-state index in [-0.39, 0.29) is 5.56 Å². The lowest BCUT2D eigenvalue weighted by Gasteiger charge is -2.05. The number of thiazole rings is 1. The number of hydrogen-bond acceptors (Lipinski definition) is 4. The highest BCUT2D eigenvalue weighted by Crippen LogP contribution is 2.16. The second-order valence-corrected chi connectivity index (χ2v) is 7.27. The first-order chi connectivity index (χ1) is 12.8. The van der Waals surface area contributed by atoms with Crippen molar-refractivity contribution in [3.8, 4) is 5.75 Å². The molecule has 4 aromatic rings. The first-order valence-corrected chi connectivity index (χ1v) is 9.72. The molecule has 0 spiro atoms. The number of imidazole rings is 1.